The Hall–Kier alpha value is -0.730. The van der Waals surface area contributed by atoms with Crippen LogP contribution in [0.15, 0.2) is 18.2 Å². The van der Waals surface area contributed by atoms with E-state index in [-0.39, 0.29) is 16.6 Å². The normalized spacial score (nSPS) is 18.0. The number of sulfonamides is 1. The number of rotatable bonds is 5. The van der Waals surface area contributed by atoms with Gasteiger partial charge in [0.15, 0.2) is 0 Å². The topological polar surface area (TPSA) is 66.6 Å². The van der Waals surface area contributed by atoms with Crippen molar-refractivity contribution in [2.75, 3.05) is 38.5 Å². The molecule has 118 valence electrons. The second-order valence-electron chi connectivity index (χ2n) is 5.20. The van der Waals surface area contributed by atoms with E-state index in [1.54, 1.807) is 12.1 Å². The van der Waals surface area contributed by atoms with Crippen molar-refractivity contribution in [3.63, 3.8) is 0 Å². The Morgan fingerprint density at radius 3 is 2.43 bits per heavy atom. The lowest BCUT2D eigenvalue weighted by atomic mass is 10.2. The van der Waals surface area contributed by atoms with Crippen molar-refractivity contribution in [1.82, 2.24) is 9.80 Å². The fraction of sp³-hybridized carbons (Fsp3) is 0.538. The molecule has 2 N–H and O–H groups in total. The molecule has 1 aromatic rings. The highest BCUT2D eigenvalue weighted by atomic mass is 35.5. The van der Waals surface area contributed by atoms with E-state index in [0.29, 0.717) is 18.7 Å². The molecule has 0 bridgehead atoms. The molecule has 2 rings (SSSR count). The number of nitrogens with two attached hydrogens (primary N) is 1. The maximum absolute atomic E-state index is 13.8. The summed E-state index contributed by atoms with van der Waals surface area (Å²) in [5, 5.41) is 5.13. The molecule has 0 spiro atoms. The fourth-order valence-electron chi connectivity index (χ4n) is 2.34. The average molecular weight is 336 g/mol. The van der Waals surface area contributed by atoms with Crippen LogP contribution >= 0.6 is 11.6 Å². The van der Waals surface area contributed by atoms with Crippen molar-refractivity contribution in [2.45, 2.75) is 6.54 Å². The minimum atomic E-state index is -3.42. The third kappa shape index (κ3) is 5.19. The number of piperazine rings is 1. The summed E-state index contributed by atoms with van der Waals surface area (Å²) in [7, 11) is -3.42. The van der Waals surface area contributed by atoms with E-state index in [4.69, 9.17) is 16.7 Å². The molecule has 0 unspecified atom stereocenters. The van der Waals surface area contributed by atoms with Crippen LogP contribution in [0.25, 0.3) is 0 Å². The summed E-state index contributed by atoms with van der Waals surface area (Å²) >= 11 is 5.77. The highest BCUT2D eigenvalue weighted by Gasteiger charge is 2.19. The summed E-state index contributed by atoms with van der Waals surface area (Å²) in [5.74, 6) is -0.397. The average Bonchev–Trinajstić information content (AvgIpc) is 2.42. The van der Waals surface area contributed by atoms with Gasteiger partial charge in [-0.2, -0.15) is 0 Å². The summed E-state index contributed by atoms with van der Waals surface area (Å²) in [5.41, 5.74) is 0.584. The van der Waals surface area contributed by atoms with Gasteiger partial charge in [0.05, 0.1) is 10.8 Å². The van der Waals surface area contributed by atoms with Crippen LogP contribution in [0.5, 0.6) is 0 Å². The van der Waals surface area contributed by atoms with Crippen molar-refractivity contribution in [2.24, 2.45) is 5.14 Å². The van der Waals surface area contributed by atoms with E-state index in [9.17, 15) is 12.8 Å². The molecular weight excluding hydrogens is 317 g/mol. The van der Waals surface area contributed by atoms with Crippen LogP contribution in [0, 0.1) is 5.82 Å². The minimum absolute atomic E-state index is 0.0318. The highest BCUT2D eigenvalue weighted by Crippen LogP contribution is 2.19. The van der Waals surface area contributed by atoms with Gasteiger partial charge in [-0.15, -0.1) is 0 Å². The molecule has 1 heterocycles. The van der Waals surface area contributed by atoms with Crippen LogP contribution in [0.4, 0.5) is 4.39 Å². The molecule has 1 aliphatic rings. The number of primary sulfonamides is 1. The lowest BCUT2D eigenvalue weighted by molar-refractivity contribution is 0.131. The molecule has 5 nitrogen and oxygen atoms in total. The van der Waals surface area contributed by atoms with Gasteiger partial charge in [0.2, 0.25) is 10.0 Å². The fourth-order valence-corrected chi connectivity index (χ4v) is 3.05. The van der Waals surface area contributed by atoms with E-state index >= 15 is 0 Å². The SMILES string of the molecule is NS(=O)(=O)CCN1CCN(Cc2cccc(Cl)c2F)CC1. The highest BCUT2D eigenvalue weighted by molar-refractivity contribution is 7.89. The van der Waals surface area contributed by atoms with Crippen molar-refractivity contribution < 1.29 is 12.8 Å². The molecule has 8 heteroatoms. The number of halogens is 2. The molecule has 1 aliphatic heterocycles. The Kier molecular flexibility index (Phi) is 5.56. The molecule has 1 saturated heterocycles. The number of nitrogens with zero attached hydrogens (tertiary/aromatic N) is 2. The Bertz CT molecular complexity index is 589. The Morgan fingerprint density at radius 2 is 1.81 bits per heavy atom. The Balaban J connectivity index is 1.83. The number of hydrogen-bond acceptors (Lipinski definition) is 4. The summed E-state index contributed by atoms with van der Waals surface area (Å²) < 4.78 is 35.7. The Morgan fingerprint density at radius 1 is 1.19 bits per heavy atom. The van der Waals surface area contributed by atoms with Gasteiger partial charge in [0.1, 0.15) is 5.82 Å². The molecule has 0 saturated carbocycles. The van der Waals surface area contributed by atoms with Gasteiger partial charge in [0, 0.05) is 44.8 Å². The maximum Gasteiger partial charge on any atom is 0.210 e. The standard InChI is InChI=1S/C13H19ClFN3O2S/c14-12-3-1-2-11(13(12)15)10-18-6-4-17(5-7-18)8-9-21(16,19)20/h1-3H,4-10H2,(H2,16,19,20). The molecule has 1 aromatic carbocycles. The second-order valence-corrected chi connectivity index (χ2v) is 7.34. The van der Waals surface area contributed by atoms with Gasteiger partial charge < -0.3 is 0 Å². The maximum atomic E-state index is 13.8. The van der Waals surface area contributed by atoms with Crippen molar-refractivity contribution in [1.29, 1.82) is 0 Å². The van der Waals surface area contributed by atoms with Crippen LogP contribution in [-0.4, -0.2) is 56.7 Å². The smallest absolute Gasteiger partial charge is 0.210 e. The van der Waals surface area contributed by atoms with Crippen LogP contribution in [0.2, 0.25) is 5.02 Å². The molecular formula is C13H19ClFN3O2S. The van der Waals surface area contributed by atoms with Gasteiger partial charge in [0.25, 0.3) is 0 Å². The van der Waals surface area contributed by atoms with Gasteiger partial charge in [-0.05, 0) is 6.07 Å². The van der Waals surface area contributed by atoms with E-state index in [1.165, 1.54) is 6.07 Å². The molecule has 0 radical (unpaired) electrons. The van der Waals surface area contributed by atoms with E-state index in [0.717, 1.165) is 26.2 Å². The number of hydrogen-bond donors (Lipinski definition) is 1. The summed E-state index contributed by atoms with van der Waals surface area (Å²) in [6.07, 6.45) is 0. The number of benzene rings is 1. The third-order valence-electron chi connectivity index (χ3n) is 3.58. The third-order valence-corrected chi connectivity index (χ3v) is 4.63. The first kappa shape index (κ1) is 16.6. The predicted molar refractivity (Wildman–Crippen MR) is 81.1 cm³/mol. The van der Waals surface area contributed by atoms with Crippen molar-refractivity contribution in [3.05, 3.63) is 34.6 Å². The lowest BCUT2D eigenvalue weighted by Gasteiger charge is -2.34. The van der Waals surface area contributed by atoms with Crippen LogP contribution in [-0.2, 0) is 16.6 Å². The largest absolute Gasteiger partial charge is 0.300 e. The second kappa shape index (κ2) is 7.02. The monoisotopic (exact) mass is 335 g/mol. The summed E-state index contributed by atoms with van der Waals surface area (Å²) in [4.78, 5) is 4.18. The predicted octanol–water partition coefficient (Wildman–Crippen LogP) is 0.885. The van der Waals surface area contributed by atoms with Crippen LogP contribution in [0.1, 0.15) is 5.56 Å². The van der Waals surface area contributed by atoms with Gasteiger partial charge >= 0.3 is 0 Å². The molecule has 0 atom stereocenters. The van der Waals surface area contributed by atoms with E-state index in [1.807, 2.05) is 0 Å². The summed E-state index contributed by atoms with van der Waals surface area (Å²) in [6, 6.07) is 5.00. The first-order chi connectivity index (χ1) is 9.85. The minimum Gasteiger partial charge on any atom is -0.300 e. The van der Waals surface area contributed by atoms with Gasteiger partial charge in [-0.3, -0.25) is 9.80 Å². The van der Waals surface area contributed by atoms with Crippen molar-refractivity contribution in [3.8, 4) is 0 Å². The molecule has 0 amide bonds. The molecule has 21 heavy (non-hydrogen) atoms. The zero-order valence-corrected chi connectivity index (χ0v) is 13.2. The summed E-state index contributed by atoms with van der Waals surface area (Å²) in [6.45, 7) is 3.97. The van der Waals surface area contributed by atoms with Crippen LogP contribution < -0.4 is 5.14 Å². The molecule has 0 aliphatic carbocycles. The lowest BCUT2D eigenvalue weighted by Crippen LogP contribution is -2.47. The first-order valence-electron chi connectivity index (χ1n) is 6.73. The first-order valence-corrected chi connectivity index (χ1v) is 8.82. The zero-order chi connectivity index (χ0) is 15.5. The zero-order valence-electron chi connectivity index (χ0n) is 11.6. The molecule has 1 fully saturated rings. The van der Waals surface area contributed by atoms with Crippen molar-refractivity contribution >= 4 is 21.6 Å². The molecule has 0 aromatic heterocycles. The van der Waals surface area contributed by atoms with E-state index < -0.39 is 10.0 Å². The quantitative estimate of drug-likeness (QED) is 0.867. The van der Waals surface area contributed by atoms with Crippen LogP contribution in [0.3, 0.4) is 0 Å². The van der Waals surface area contributed by atoms with E-state index in [2.05, 4.69) is 9.80 Å². The van der Waals surface area contributed by atoms with Gasteiger partial charge in [-0.25, -0.2) is 17.9 Å². The van der Waals surface area contributed by atoms with Gasteiger partial charge in [-0.1, -0.05) is 23.7 Å². The Labute approximate surface area is 129 Å².